The van der Waals surface area contributed by atoms with Gasteiger partial charge in [0.1, 0.15) is 0 Å². The molecule has 0 bridgehead atoms. The first-order valence-electron chi connectivity index (χ1n) is 7.54. The summed E-state index contributed by atoms with van der Waals surface area (Å²) in [5.41, 5.74) is 1.53. The summed E-state index contributed by atoms with van der Waals surface area (Å²) < 4.78 is 27.5. The van der Waals surface area contributed by atoms with Crippen LogP contribution in [0.15, 0.2) is 78.9 Å². The third kappa shape index (κ3) is 4.09. The number of aliphatic hydroxyl groups is 1. The Hall–Kier alpha value is -2.00. The first-order valence-corrected chi connectivity index (χ1v) is 9.39. The van der Waals surface area contributed by atoms with Gasteiger partial charge in [-0.1, -0.05) is 0 Å². The monoisotopic (exact) mass is 390 g/mol. The van der Waals surface area contributed by atoms with Crippen molar-refractivity contribution in [2.45, 2.75) is 10.9 Å². The van der Waals surface area contributed by atoms with Crippen molar-refractivity contribution in [3.05, 3.63) is 102 Å². The van der Waals surface area contributed by atoms with Crippen molar-refractivity contribution >= 4 is 19.4 Å². The number of benzene rings is 3. The molecule has 0 aromatic heterocycles. The van der Waals surface area contributed by atoms with E-state index in [0.29, 0.717) is 5.56 Å². The van der Waals surface area contributed by atoms with Gasteiger partial charge in [0, 0.05) is 0 Å². The van der Waals surface area contributed by atoms with Gasteiger partial charge in [-0.2, -0.15) is 0 Å². The molecule has 0 aliphatic carbocycles. The summed E-state index contributed by atoms with van der Waals surface area (Å²) in [4.78, 5) is -0.189. The second kappa shape index (κ2) is 7.71. The molecule has 0 saturated carbocycles. The molecule has 4 heteroatoms. The fraction of sp³-hybridized carbons (Fsp3) is 0.100. The summed E-state index contributed by atoms with van der Waals surface area (Å²) in [6.07, 6.45) is -0.781. The maximum atomic E-state index is 13.2. The van der Waals surface area contributed by atoms with E-state index < -0.39 is 6.10 Å². The summed E-state index contributed by atoms with van der Waals surface area (Å²) in [7, 11) is 0. The summed E-state index contributed by atoms with van der Waals surface area (Å²) in [5, 5.41) is 10.9. The molecule has 1 N–H and O–H groups in total. The molecule has 1 nitrogen and oxygen atoms in total. The van der Waals surface area contributed by atoms with Gasteiger partial charge in [-0.05, 0) is 0 Å². The van der Waals surface area contributed by atoms with Crippen LogP contribution in [-0.4, -0.2) is 20.1 Å². The first kappa shape index (κ1) is 16.8. The van der Waals surface area contributed by atoms with E-state index in [4.69, 9.17) is 0 Å². The van der Waals surface area contributed by atoms with Crippen LogP contribution in [0.2, 0.25) is 0 Å². The van der Waals surface area contributed by atoms with Crippen molar-refractivity contribution in [2.24, 2.45) is 0 Å². The van der Waals surface area contributed by atoms with Gasteiger partial charge in [0.25, 0.3) is 0 Å². The minimum absolute atomic E-state index is 0.0626. The van der Waals surface area contributed by atoms with E-state index in [2.05, 4.69) is 0 Å². The van der Waals surface area contributed by atoms with Gasteiger partial charge in [-0.25, -0.2) is 0 Å². The Morgan fingerprint density at radius 3 is 1.71 bits per heavy atom. The molecule has 0 radical (unpaired) electrons. The fourth-order valence-electron chi connectivity index (χ4n) is 2.45. The molecule has 3 aromatic carbocycles. The molecular formula is C20H16F2OSe. The van der Waals surface area contributed by atoms with Crippen molar-refractivity contribution in [2.75, 3.05) is 0 Å². The molecule has 0 saturated heterocycles. The zero-order valence-corrected chi connectivity index (χ0v) is 14.5. The molecule has 2 atom stereocenters. The van der Waals surface area contributed by atoms with Crippen LogP contribution in [0.5, 0.6) is 0 Å². The predicted molar refractivity (Wildman–Crippen MR) is 92.3 cm³/mol. The Labute approximate surface area is 146 Å². The normalized spacial score (nSPS) is 13.5. The Balaban J connectivity index is 1.94. The standard InChI is InChI=1S/C20H16F2OSe/c21-16-10-6-14(7-11-16)19(23)20(15-8-12-17(22)13-9-15)24-18-4-2-1-3-5-18/h1-13,19-20,23H/t19-,20-/m0/s1. The Kier molecular flexibility index (Phi) is 5.41. The van der Waals surface area contributed by atoms with Gasteiger partial charge < -0.3 is 0 Å². The van der Waals surface area contributed by atoms with E-state index in [1.807, 2.05) is 30.3 Å². The van der Waals surface area contributed by atoms with Crippen LogP contribution in [0, 0.1) is 11.6 Å². The quantitative estimate of drug-likeness (QED) is 0.659. The molecule has 0 unspecified atom stereocenters. The number of aliphatic hydroxyl groups excluding tert-OH is 1. The van der Waals surface area contributed by atoms with Crippen molar-refractivity contribution in [1.82, 2.24) is 0 Å². The van der Waals surface area contributed by atoms with Gasteiger partial charge >= 0.3 is 146 Å². The summed E-state index contributed by atoms with van der Waals surface area (Å²) >= 11 is -0.0626. The molecule has 0 aliphatic rings. The Bertz CT molecular complexity index is 773. The van der Waals surface area contributed by atoms with Gasteiger partial charge in [0.05, 0.1) is 0 Å². The molecule has 24 heavy (non-hydrogen) atoms. The number of hydrogen-bond acceptors (Lipinski definition) is 1. The van der Waals surface area contributed by atoms with Crippen LogP contribution < -0.4 is 4.46 Å². The number of rotatable bonds is 5. The SMILES string of the molecule is O[C@@H](c1ccc(F)cc1)[C@@H]([Se]c1ccccc1)c1ccc(F)cc1. The van der Waals surface area contributed by atoms with E-state index in [9.17, 15) is 13.9 Å². The molecule has 122 valence electrons. The van der Waals surface area contributed by atoms with Crippen LogP contribution in [0.4, 0.5) is 8.78 Å². The molecule has 0 aliphatic heterocycles. The molecular weight excluding hydrogens is 373 g/mol. The van der Waals surface area contributed by atoms with Gasteiger partial charge in [0.15, 0.2) is 0 Å². The summed E-state index contributed by atoms with van der Waals surface area (Å²) in [6.45, 7) is 0. The minimum atomic E-state index is -0.781. The zero-order valence-electron chi connectivity index (χ0n) is 12.8. The third-order valence-electron chi connectivity index (χ3n) is 3.70. The van der Waals surface area contributed by atoms with E-state index in [-0.39, 0.29) is 31.4 Å². The van der Waals surface area contributed by atoms with E-state index >= 15 is 0 Å². The summed E-state index contributed by atoms with van der Waals surface area (Å²) in [5.74, 6) is -0.640. The Morgan fingerprint density at radius 2 is 1.17 bits per heavy atom. The van der Waals surface area contributed by atoms with Crippen LogP contribution in [0.3, 0.4) is 0 Å². The van der Waals surface area contributed by atoms with Crippen molar-refractivity contribution in [1.29, 1.82) is 0 Å². The predicted octanol–water partition coefficient (Wildman–Crippen LogP) is 3.77. The molecule has 0 heterocycles. The van der Waals surface area contributed by atoms with Crippen LogP contribution in [0.1, 0.15) is 22.0 Å². The van der Waals surface area contributed by atoms with Crippen molar-refractivity contribution in [3.8, 4) is 0 Å². The fourth-order valence-corrected chi connectivity index (χ4v) is 4.94. The number of hydrogen-bond donors (Lipinski definition) is 1. The van der Waals surface area contributed by atoms with Gasteiger partial charge in [-0.15, -0.1) is 0 Å². The number of halogens is 2. The summed E-state index contributed by atoms with van der Waals surface area (Å²) in [6, 6.07) is 22.0. The average Bonchev–Trinajstić information content (AvgIpc) is 2.62. The first-order chi connectivity index (χ1) is 11.6. The Morgan fingerprint density at radius 1 is 0.667 bits per heavy atom. The van der Waals surface area contributed by atoms with Crippen LogP contribution >= 0.6 is 0 Å². The zero-order chi connectivity index (χ0) is 16.9. The van der Waals surface area contributed by atoms with E-state index in [1.165, 1.54) is 24.3 Å². The molecule has 3 aromatic rings. The van der Waals surface area contributed by atoms with Crippen LogP contribution in [-0.2, 0) is 0 Å². The molecule has 0 amide bonds. The average molecular weight is 389 g/mol. The third-order valence-corrected chi connectivity index (χ3v) is 6.49. The molecule has 3 rings (SSSR count). The second-order valence-corrected chi connectivity index (χ2v) is 7.95. The van der Waals surface area contributed by atoms with E-state index in [1.54, 1.807) is 24.3 Å². The topological polar surface area (TPSA) is 20.2 Å². The van der Waals surface area contributed by atoms with E-state index in [0.717, 1.165) is 10.0 Å². The molecule has 0 spiro atoms. The van der Waals surface area contributed by atoms with Crippen LogP contribution in [0.25, 0.3) is 0 Å². The van der Waals surface area contributed by atoms with Gasteiger partial charge in [-0.3, -0.25) is 0 Å². The van der Waals surface area contributed by atoms with Crippen molar-refractivity contribution < 1.29 is 13.9 Å². The maximum absolute atomic E-state index is 13.2. The second-order valence-electron chi connectivity index (χ2n) is 5.40. The van der Waals surface area contributed by atoms with Crippen molar-refractivity contribution in [3.63, 3.8) is 0 Å². The molecule has 0 fully saturated rings. The van der Waals surface area contributed by atoms with Gasteiger partial charge in [0.2, 0.25) is 0 Å².